The van der Waals surface area contributed by atoms with Crippen LogP contribution < -0.4 is 0 Å². The van der Waals surface area contributed by atoms with E-state index in [9.17, 15) is 4.39 Å². The lowest BCUT2D eigenvalue weighted by molar-refractivity contribution is 0.00578. The Balaban J connectivity index is 1.99. The summed E-state index contributed by atoms with van der Waals surface area (Å²) in [4.78, 5) is 0. The molecule has 0 N–H and O–H groups in total. The van der Waals surface area contributed by atoms with Gasteiger partial charge in [0.2, 0.25) is 0 Å². The molecule has 19 heavy (non-hydrogen) atoms. The van der Waals surface area contributed by atoms with Gasteiger partial charge < -0.3 is 14.0 Å². The van der Waals surface area contributed by atoms with Gasteiger partial charge in [-0.1, -0.05) is 15.9 Å². The fraction of sp³-hybridized carbons (Fsp3) is 0.538. The second-order valence-electron chi connectivity index (χ2n) is 5.59. The van der Waals surface area contributed by atoms with Crippen molar-refractivity contribution in [2.24, 2.45) is 0 Å². The Morgan fingerprint density at radius 1 is 1.21 bits per heavy atom. The molecule has 1 heterocycles. The summed E-state index contributed by atoms with van der Waals surface area (Å²) >= 11 is 3.36. The van der Waals surface area contributed by atoms with E-state index >= 15 is 0 Å². The van der Waals surface area contributed by atoms with Gasteiger partial charge in [-0.05, 0) is 51.5 Å². The molecule has 0 spiro atoms. The van der Waals surface area contributed by atoms with Crippen molar-refractivity contribution < 1.29 is 18.4 Å². The van der Waals surface area contributed by atoms with Gasteiger partial charge in [0.25, 0.3) is 0 Å². The van der Waals surface area contributed by atoms with Crippen LogP contribution in [0.15, 0.2) is 22.7 Å². The molecule has 0 atom stereocenters. The van der Waals surface area contributed by atoms with E-state index < -0.39 is 18.5 Å². The summed E-state index contributed by atoms with van der Waals surface area (Å²) in [6, 6.07) is 4.47. The quantitative estimate of drug-likeness (QED) is 0.791. The van der Waals surface area contributed by atoms with E-state index in [1.807, 2.05) is 27.7 Å². The van der Waals surface area contributed by atoms with Gasteiger partial charge in [0.1, 0.15) is 5.82 Å². The molecule has 1 aromatic rings. The highest BCUT2D eigenvalue weighted by Gasteiger charge is 2.52. The van der Waals surface area contributed by atoms with Gasteiger partial charge in [0.05, 0.1) is 17.8 Å². The number of halogens is 2. The van der Waals surface area contributed by atoms with Gasteiger partial charge in [0.15, 0.2) is 0 Å². The number of rotatable bonds is 3. The Kier molecular flexibility index (Phi) is 4.07. The SMILES string of the molecule is CC1(C)OB(OCc2cc(F)ccc2Br)OC1(C)C. The fourth-order valence-electron chi connectivity index (χ4n) is 1.67. The molecule has 0 bridgehead atoms. The Bertz CT molecular complexity index is 463. The molecule has 1 aromatic carbocycles. The zero-order valence-electron chi connectivity index (χ0n) is 11.5. The highest BCUT2D eigenvalue weighted by atomic mass is 79.9. The van der Waals surface area contributed by atoms with Crippen molar-refractivity contribution in [2.45, 2.75) is 45.5 Å². The van der Waals surface area contributed by atoms with Gasteiger partial charge in [-0.15, -0.1) is 0 Å². The molecule has 1 saturated heterocycles. The highest BCUT2D eigenvalue weighted by molar-refractivity contribution is 9.10. The molecule has 3 nitrogen and oxygen atoms in total. The minimum absolute atomic E-state index is 0.217. The Hall–Kier alpha value is -0.425. The summed E-state index contributed by atoms with van der Waals surface area (Å²) in [6.45, 7) is 8.03. The minimum atomic E-state index is -0.736. The van der Waals surface area contributed by atoms with Crippen LogP contribution in [0.2, 0.25) is 0 Å². The second kappa shape index (κ2) is 5.16. The van der Waals surface area contributed by atoms with E-state index in [4.69, 9.17) is 14.0 Å². The first-order valence-electron chi connectivity index (χ1n) is 6.12. The van der Waals surface area contributed by atoms with Crippen molar-refractivity contribution in [2.75, 3.05) is 0 Å². The zero-order valence-corrected chi connectivity index (χ0v) is 13.1. The van der Waals surface area contributed by atoms with Crippen LogP contribution >= 0.6 is 15.9 Å². The van der Waals surface area contributed by atoms with Gasteiger partial charge in [-0.2, -0.15) is 0 Å². The van der Waals surface area contributed by atoms with Crippen LogP contribution in [0.3, 0.4) is 0 Å². The largest absolute Gasteiger partial charge is 0.640 e. The van der Waals surface area contributed by atoms with Crippen molar-refractivity contribution in [3.05, 3.63) is 34.1 Å². The normalized spacial score (nSPS) is 20.8. The minimum Gasteiger partial charge on any atom is -0.382 e. The van der Waals surface area contributed by atoms with E-state index in [1.165, 1.54) is 12.1 Å². The van der Waals surface area contributed by atoms with Crippen molar-refractivity contribution in [3.8, 4) is 0 Å². The first kappa shape index (κ1) is 15.0. The Morgan fingerprint density at radius 2 is 1.79 bits per heavy atom. The molecule has 0 aliphatic carbocycles. The molecule has 6 heteroatoms. The monoisotopic (exact) mass is 330 g/mol. The maximum atomic E-state index is 13.2. The van der Waals surface area contributed by atoms with Crippen molar-refractivity contribution in [1.82, 2.24) is 0 Å². The van der Waals surface area contributed by atoms with Crippen molar-refractivity contribution >= 4 is 23.3 Å². The number of hydrogen-bond acceptors (Lipinski definition) is 3. The number of hydrogen-bond donors (Lipinski definition) is 0. The molecule has 0 aromatic heterocycles. The van der Waals surface area contributed by atoms with Gasteiger partial charge >= 0.3 is 7.32 Å². The van der Waals surface area contributed by atoms with Crippen LogP contribution in [0, 0.1) is 5.82 Å². The lowest BCUT2D eigenvalue weighted by atomic mass is 9.90. The molecule has 0 amide bonds. The van der Waals surface area contributed by atoms with E-state index in [2.05, 4.69) is 15.9 Å². The molecule has 1 fully saturated rings. The van der Waals surface area contributed by atoms with Crippen molar-refractivity contribution in [3.63, 3.8) is 0 Å². The van der Waals surface area contributed by atoms with Crippen LogP contribution in [-0.2, 0) is 20.6 Å². The zero-order chi connectivity index (χ0) is 14.3. The summed E-state index contributed by atoms with van der Waals surface area (Å²) in [7, 11) is -0.736. The Labute approximate surface area is 121 Å². The van der Waals surface area contributed by atoms with Gasteiger partial charge in [0, 0.05) is 4.47 Å². The molecule has 104 valence electrons. The smallest absolute Gasteiger partial charge is 0.382 e. The first-order valence-corrected chi connectivity index (χ1v) is 6.92. The van der Waals surface area contributed by atoms with E-state index in [0.29, 0.717) is 0 Å². The standard InChI is InChI=1S/C13H17BBrFO3/c1-12(2)13(3,4)19-14(18-12)17-8-9-7-10(16)5-6-11(9)15/h5-7H,8H2,1-4H3. The fourth-order valence-corrected chi connectivity index (χ4v) is 2.03. The van der Waals surface area contributed by atoms with Crippen LogP contribution in [-0.4, -0.2) is 18.5 Å². The third-order valence-corrected chi connectivity index (χ3v) is 4.39. The first-order chi connectivity index (χ1) is 8.71. The lowest BCUT2D eigenvalue weighted by Gasteiger charge is -2.31. The Morgan fingerprint density at radius 3 is 2.37 bits per heavy atom. The van der Waals surface area contributed by atoms with Crippen LogP contribution in [0.25, 0.3) is 0 Å². The third-order valence-electron chi connectivity index (χ3n) is 3.61. The predicted molar refractivity (Wildman–Crippen MR) is 75.0 cm³/mol. The summed E-state index contributed by atoms with van der Waals surface area (Å²) in [5.74, 6) is -0.296. The lowest BCUT2D eigenvalue weighted by Crippen LogP contribution is -2.41. The van der Waals surface area contributed by atoms with Crippen LogP contribution in [0.5, 0.6) is 0 Å². The third kappa shape index (κ3) is 3.19. The van der Waals surface area contributed by atoms with E-state index in [0.717, 1.165) is 10.0 Å². The molecule has 0 saturated carbocycles. The summed E-state index contributed by atoms with van der Waals surface area (Å²) in [5, 5.41) is 0. The van der Waals surface area contributed by atoms with Crippen LogP contribution in [0.4, 0.5) is 4.39 Å². The average molecular weight is 331 g/mol. The van der Waals surface area contributed by atoms with Gasteiger partial charge in [-0.25, -0.2) is 4.39 Å². The maximum absolute atomic E-state index is 13.2. The second-order valence-corrected chi connectivity index (χ2v) is 6.45. The summed E-state index contributed by atoms with van der Waals surface area (Å²) < 4.78 is 30.9. The maximum Gasteiger partial charge on any atom is 0.640 e. The van der Waals surface area contributed by atoms with Crippen molar-refractivity contribution in [1.29, 1.82) is 0 Å². The average Bonchev–Trinajstić information content (AvgIpc) is 2.49. The summed E-state index contributed by atoms with van der Waals surface area (Å²) in [6.07, 6.45) is 0. The molecule has 2 rings (SSSR count). The molecule has 0 radical (unpaired) electrons. The summed E-state index contributed by atoms with van der Waals surface area (Å²) in [5.41, 5.74) is -0.150. The topological polar surface area (TPSA) is 27.7 Å². The van der Waals surface area contributed by atoms with E-state index in [-0.39, 0.29) is 12.4 Å². The predicted octanol–water partition coefficient (Wildman–Crippen LogP) is 3.69. The van der Waals surface area contributed by atoms with E-state index in [1.54, 1.807) is 6.07 Å². The molecular weight excluding hydrogens is 314 g/mol. The molecule has 1 aliphatic heterocycles. The highest BCUT2D eigenvalue weighted by Crippen LogP contribution is 2.37. The molecule has 1 aliphatic rings. The van der Waals surface area contributed by atoms with Crippen LogP contribution in [0.1, 0.15) is 33.3 Å². The molecule has 0 unspecified atom stereocenters. The molecular formula is C13H17BBrFO3. The van der Waals surface area contributed by atoms with Gasteiger partial charge in [-0.3, -0.25) is 0 Å². The number of benzene rings is 1.